The van der Waals surface area contributed by atoms with Crippen molar-refractivity contribution in [1.29, 1.82) is 0 Å². The Labute approximate surface area is 206 Å². The topological polar surface area (TPSA) is 98.7 Å². The first-order valence-corrected chi connectivity index (χ1v) is 7.36. The van der Waals surface area contributed by atoms with E-state index < -0.39 is 25.2 Å². The van der Waals surface area contributed by atoms with Crippen molar-refractivity contribution in [2.75, 3.05) is 13.2 Å². The first-order valence-electron chi connectivity index (χ1n) is 7.36. The van der Waals surface area contributed by atoms with E-state index in [1.165, 1.54) is 12.1 Å². The molecular formula is C20H12Na2O6. The van der Waals surface area contributed by atoms with Crippen molar-refractivity contribution in [3.63, 3.8) is 0 Å². The zero-order valence-corrected chi connectivity index (χ0v) is 19.5. The van der Waals surface area contributed by atoms with E-state index in [1.807, 2.05) is 18.2 Å². The standard InChI is InChI=1S/C20H14O6.2Na/c1-2-15-10-18(26-13-20(23)24)16(11-17(15)25-12-19(21)22)9-8-14-6-4-3-5-7-14;;/h1,3-7,10-11H,12-13H2,(H,21,22)(H,23,24);;/q;2*+1/p-2. The molecule has 0 radical (unpaired) electrons. The van der Waals surface area contributed by atoms with Gasteiger partial charge in [-0.15, -0.1) is 6.42 Å². The summed E-state index contributed by atoms with van der Waals surface area (Å²) in [5.74, 6) is 5.43. The minimum absolute atomic E-state index is 0. The molecule has 0 aliphatic rings. The minimum atomic E-state index is -1.41. The van der Waals surface area contributed by atoms with Gasteiger partial charge >= 0.3 is 59.1 Å². The quantitative estimate of drug-likeness (QED) is 0.357. The maximum absolute atomic E-state index is 10.7. The number of carbonyl (C=O) groups excluding carboxylic acids is 2. The van der Waals surface area contributed by atoms with Crippen LogP contribution in [0.15, 0.2) is 42.5 Å². The van der Waals surface area contributed by atoms with Gasteiger partial charge in [0.05, 0.1) is 23.1 Å². The molecule has 0 unspecified atom stereocenters. The Morgan fingerprint density at radius 2 is 1.36 bits per heavy atom. The zero-order chi connectivity index (χ0) is 18.9. The Kier molecular flexibility index (Phi) is 12.4. The predicted octanol–water partition coefficient (Wildman–Crippen LogP) is -6.67. The summed E-state index contributed by atoms with van der Waals surface area (Å²) in [4.78, 5) is 21.3. The Hall–Kier alpha value is -1.90. The first kappa shape index (κ1) is 26.1. The Morgan fingerprint density at radius 1 is 0.857 bits per heavy atom. The van der Waals surface area contributed by atoms with Crippen LogP contribution in [0.4, 0.5) is 0 Å². The molecule has 2 aromatic rings. The number of carbonyl (C=O) groups is 2. The van der Waals surface area contributed by atoms with Crippen molar-refractivity contribution in [3.05, 3.63) is 59.2 Å². The third-order valence-corrected chi connectivity index (χ3v) is 3.04. The third-order valence-electron chi connectivity index (χ3n) is 3.04. The average Bonchev–Trinajstić information content (AvgIpc) is 2.63. The van der Waals surface area contributed by atoms with Crippen LogP contribution in [0, 0.1) is 24.2 Å². The van der Waals surface area contributed by atoms with Crippen LogP contribution in [-0.2, 0) is 9.59 Å². The van der Waals surface area contributed by atoms with Crippen molar-refractivity contribution in [2.24, 2.45) is 0 Å². The number of aliphatic carboxylic acids is 2. The summed E-state index contributed by atoms with van der Waals surface area (Å²) in [6, 6.07) is 11.8. The van der Waals surface area contributed by atoms with Gasteiger partial charge in [0.1, 0.15) is 24.7 Å². The van der Waals surface area contributed by atoms with Gasteiger partial charge in [-0.25, -0.2) is 0 Å². The number of benzene rings is 2. The van der Waals surface area contributed by atoms with Crippen molar-refractivity contribution in [2.45, 2.75) is 0 Å². The van der Waals surface area contributed by atoms with E-state index in [1.54, 1.807) is 12.1 Å². The molecule has 0 saturated heterocycles. The van der Waals surface area contributed by atoms with Crippen LogP contribution in [0.5, 0.6) is 11.5 Å². The number of ether oxygens (including phenoxy) is 2. The monoisotopic (exact) mass is 394 g/mol. The van der Waals surface area contributed by atoms with Crippen LogP contribution in [-0.4, -0.2) is 25.2 Å². The molecule has 0 atom stereocenters. The van der Waals surface area contributed by atoms with Gasteiger partial charge in [-0.05, 0) is 12.1 Å². The normalized spacial score (nSPS) is 8.68. The van der Waals surface area contributed by atoms with E-state index in [-0.39, 0.29) is 81.7 Å². The molecular weight excluding hydrogens is 382 g/mol. The molecule has 0 aliphatic heterocycles. The summed E-state index contributed by atoms with van der Waals surface area (Å²) < 4.78 is 10.3. The van der Waals surface area contributed by atoms with Crippen LogP contribution in [0.3, 0.4) is 0 Å². The first-order chi connectivity index (χ1) is 12.5. The third kappa shape index (κ3) is 8.41. The van der Waals surface area contributed by atoms with Gasteiger partial charge in [-0.2, -0.15) is 0 Å². The molecule has 0 amide bonds. The van der Waals surface area contributed by atoms with E-state index in [4.69, 9.17) is 15.9 Å². The van der Waals surface area contributed by atoms with Crippen molar-refractivity contribution < 1.29 is 88.4 Å². The molecule has 0 fully saturated rings. The Bertz CT molecular complexity index is 923. The molecule has 6 nitrogen and oxygen atoms in total. The molecule has 0 heterocycles. The summed E-state index contributed by atoms with van der Waals surface area (Å²) in [5.41, 5.74) is 1.18. The fourth-order valence-electron chi connectivity index (χ4n) is 1.94. The molecule has 130 valence electrons. The largest absolute Gasteiger partial charge is 1.00 e. The van der Waals surface area contributed by atoms with Gasteiger partial charge < -0.3 is 29.3 Å². The molecule has 0 saturated carbocycles. The zero-order valence-electron chi connectivity index (χ0n) is 15.5. The molecule has 0 aliphatic carbocycles. The van der Waals surface area contributed by atoms with Crippen LogP contribution < -0.4 is 78.8 Å². The molecule has 0 bridgehead atoms. The van der Waals surface area contributed by atoms with Gasteiger partial charge in [-0.1, -0.05) is 36.0 Å². The van der Waals surface area contributed by atoms with Crippen LogP contribution in [0.1, 0.15) is 16.7 Å². The predicted molar refractivity (Wildman–Crippen MR) is 87.8 cm³/mol. The summed E-state index contributed by atoms with van der Waals surface area (Å²) in [5, 5.41) is 21.3. The van der Waals surface area contributed by atoms with Crippen molar-refractivity contribution >= 4 is 11.9 Å². The average molecular weight is 394 g/mol. The molecule has 0 spiro atoms. The number of carboxylic acid groups (broad SMARTS) is 2. The fourth-order valence-corrected chi connectivity index (χ4v) is 1.94. The van der Waals surface area contributed by atoms with E-state index in [2.05, 4.69) is 17.8 Å². The van der Waals surface area contributed by atoms with Crippen LogP contribution >= 0.6 is 0 Å². The maximum atomic E-state index is 10.7. The number of carboxylic acids is 2. The Balaban J connectivity index is 0.00000364. The van der Waals surface area contributed by atoms with Gasteiger partial charge in [-0.3, -0.25) is 0 Å². The summed E-state index contributed by atoms with van der Waals surface area (Å²) >= 11 is 0. The Morgan fingerprint density at radius 3 is 1.86 bits per heavy atom. The summed E-state index contributed by atoms with van der Waals surface area (Å²) in [6.07, 6.45) is 5.38. The molecule has 8 heteroatoms. The molecule has 2 rings (SSSR count). The minimum Gasteiger partial charge on any atom is -0.546 e. The molecule has 2 aromatic carbocycles. The van der Waals surface area contributed by atoms with Crippen molar-refractivity contribution in [1.82, 2.24) is 0 Å². The smallest absolute Gasteiger partial charge is 0.546 e. The van der Waals surface area contributed by atoms with Crippen molar-refractivity contribution in [3.8, 4) is 35.7 Å². The SMILES string of the molecule is C#Cc1cc(OCC(=O)[O-])c(C#Cc2ccccc2)cc1OCC(=O)[O-].[Na+].[Na+]. The second kappa shape index (κ2) is 13.3. The van der Waals surface area contributed by atoms with Gasteiger partial charge in [0.25, 0.3) is 0 Å². The molecule has 0 N–H and O–H groups in total. The number of terminal acetylenes is 1. The van der Waals surface area contributed by atoms with Crippen LogP contribution in [0.2, 0.25) is 0 Å². The fraction of sp³-hybridized carbons (Fsp3) is 0.100. The van der Waals surface area contributed by atoms with E-state index in [0.717, 1.165) is 5.56 Å². The second-order valence-corrected chi connectivity index (χ2v) is 4.93. The van der Waals surface area contributed by atoms with E-state index in [9.17, 15) is 19.8 Å². The summed E-state index contributed by atoms with van der Waals surface area (Å²) in [7, 11) is 0. The second-order valence-electron chi connectivity index (χ2n) is 4.93. The molecule has 28 heavy (non-hydrogen) atoms. The number of hydrogen-bond acceptors (Lipinski definition) is 6. The van der Waals surface area contributed by atoms with Crippen LogP contribution in [0.25, 0.3) is 0 Å². The maximum Gasteiger partial charge on any atom is 1.00 e. The van der Waals surface area contributed by atoms with Gasteiger partial charge in [0.15, 0.2) is 0 Å². The number of rotatable bonds is 6. The van der Waals surface area contributed by atoms with Gasteiger partial charge in [0.2, 0.25) is 0 Å². The van der Waals surface area contributed by atoms with E-state index >= 15 is 0 Å². The number of hydrogen-bond donors (Lipinski definition) is 0. The molecule has 0 aromatic heterocycles. The summed E-state index contributed by atoms with van der Waals surface area (Å²) in [6.45, 7) is -1.39. The van der Waals surface area contributed by atoms with Gasteiger partial charge in [0, 0.05) is 17.7 Å². The van der Waals surface area contributed by atoms with E-state index in [0.29, 0.717) is 0 Å².